The average molecular weight is 333 g/mol. The Labute approximate surface area is 141 Å². The summed E-state index contributed by atoms with van der Waals surface area (Å²) in [4.78, 5) is 11.7. The highest BCUT2D eigenvalue weighted by Gasteiger charge is 2.21. The molecule has 0 radical (unpaired) electrons. The number of rotatable bonds is 7. The van der Waals surface area contributed by atoms with Crippen LogP contribution in [0, 0.1) is 6.92 Å². The fraction of sp³-hybridized carbons (Fsp3) is 0.316. The Balaban J connectivity index is 2.22. The molecule has 2 aromatic rings. The Hall–Kier alpha value is -2.00. The Morgan fingerprint density at radius 3 is 2.48 bits per heavy atom. The van der Waals surface area contributed by atoms with E-state index in [2.05, 4.69) is 6.92 Å². The molecule has 0 bridgehead atoms. The van der Waals surface area contributed by atoms with Crippen molar-refractivity contribution >= 4 is 17.6 Å². The van der Waals surface area contributed by atoms with Crippen molar-refractivity contribution < 1.29 is 14.6 Å². The first-order valence-corrected chi connectivity index (χ1v) is 8.09. The van der Waals surface area contributed by atoms with Crippen molar-refractivity contribution in [1.29, 1.82) is 0 Å². The highest BCUT2D eigenvalue weighted by molar-refractivity contribution is 6.30. The molecule has 1 atom stereocenters. The Bertz CT molecular complexity index is 665. The van der Waals surface area contributed by atoms with Crippen molar-refractivity contribution in [3.63, 3.8) is 0 Å². The standard InChI is InChI=1S/C19H21ClO3/c1-3-10-23-18-9-6-15(11-13(18)2)17(19(21)22)12-14-4-7-16(20)8-5-14/h4-9,11,17H,3,10,12H2,1-2H3,(H,21,22). The maximum atomic E-state index is 11.7. The largest absolute Gasteiger partial charge is 0.493 e. The summed E-state index contributed by atoms with van der Waals surface area (Å²) >= 11 is 5.88. The molecule has 122 valence electrons. The number of ether oxygens (including phenoxy) is 1. The molecule has 1 N–H and O–H groups in total. The van der Waals surface area contributed by atoms with E-state index in [1.54, 1.807) is 12.1 Å². The first kappa shape index (κ1) is 17.4. The molecular formula is C19H21ClO3. The van der Waals surface area contributed by atoms with E-state index >= 15 is 0 Å². The van der Waals surface area contributed by atoms with Crippen molar-refractivity contribution in [2.24, 2.45) is 0 Å². The fourth-order valence-electron chi connectivity index (χ4n) is 2.47. The number of carbonyl (C=O) groups is 1. The van der Waals surface area contributed by atoms with Gasteiger partial charge in [-0.15, -0.1) is 0 Å². The highest BCUT2D eigenvalue weighted by Crippen LogP contribution is 2.27. The van der Waals surface area contributed by atoms with Gasteiger partial charge in [0.2, 0.25) is 0 Å². The van der Waals surface area contributed by atoms with Gasteiger partial charge in [0.15, 0.2) is 0 Å². The molecule has 0 aliphatic heterocycles. The second-order valence-corrected chi connectivity index (χ2v) is 6.03. The van der Waals surface area contributed by atoms with Crippen LogP contribution in [0.2, 0.25) is 5.02 Å². The Kier molecular flexibility index (Phi) is 6.05. The van der Waals surface area contributed by atoms with Crippen LogP contribution in [0.25, 0.3) is 0 Å². The minimum atomic E-state index is -0.832. The maximum absolute atomic E-state index is 11.7. The molecule has 2 rings (SSSR count). The summed E-state index contributed by atoms with van der Waals surface area (Å²) in [5.41, 5.74) is 2.69. The van der Waals surface area contributed by atoms with Gasteiger partial charge in [-0.1, -0.05) is 42.8 Å². The van der Waals surface area contributed by atoms with Crippen LogP contribution in [-0.2, 0) is 11.2 Å². The molecule has 1 unspecified atom stereocenters. The van der Waals surface area contributed by atoms with Gasteiger partial charge < -0.3 is 9.84 Å². The molecule has 23 heavy (non-hydrogen) atoms. The first-order chi connectivity index (χ1) is 11.0. The average Bonchev–Trinajstić information content (AvgIpc) is 2.53. The number of halogens is 1. The van der Waals surface area contributed by atoms with Gasteiger partial charge in [-0.05, 0) is 54.7 Å². The van der Waals surface area contributed by atoms with E-state index in [4.69, 9.17) is 16.3 Å². The molecule has 0 aliphatic carbocycles. The number of carboxylic acid groups (broad SMARTS) is 1. The molecule has 0 aliphatic rings. The molecule has 0 heterocycles. The third-order valence-electron chi connectivity index (χ3n) is 3.71. The number of hydrogen-bond donors (Lipinski definition) is 1. The molecule has 3 nitrogen and oxygen atoms in total. The van der Waals surface area contributed by atoms with E-state index in [1.807, 2.05) is 37.3 Å². The number of hydrogen-bond acceptors (Lipinski definition) is 2. The lowest BCUT2D eigenvalue weighted by atomic mass is 9.91. The van der Waals surface area contributed by atoms with Crippen LogP contribution in [0.5, 0.6) is 5.75 Å². The smallest absolute Gasteiger partial charge is 0.311 e. The van der Waals surface area contributed by atoms with Gasteiger partial charge in [0.25, 0.3) is 0 Å². The maximum Gasteiger partial charge on any atom is 0.311 e. The van der Waals surface area contributed by atoms with Crippen molar-refractivity contribution in [3.05, 3.63) is 64.2 Å². The molecule has 0 spiro atoms. The number of carboxylic acids is 1. The minimum Gasteiger partial charge on any atom is -0.493 e. The van der Waals surface area contributed by atoms with Crippen LogP contribution in [0.3, 0.4) is 0 Å². The minimum absolute atomic E-state index is 0.432. The third-order valence-corrected chi connectivity index (χ3v) is 3.97. The number of benzene rings is 2. The molecule has 0 saturated heterocycles. The lowest BCUT2D eigenvalue weighted by Gasteiger charge is -2.16. The van der Waals surface area contributed by atoms with Gasteiger partial charge in [0.1, 0.15) is 5.75 Å². The molecule has 0 saturated carbocycles. The third kappa shape index (κ3) is 4.73. The zero-order valence-electron chi connectivity index (χ0n) is 13.4. The Morgan fingerprint density at radius 2 is 1.91 bits per heavy atom. The van der Waals surface area contributed by atoms with E-state index < -0.39 is 11.9 Å². The summed E-state index contributed by atoms with van der Waals surface area (Å²) in [5, 5.41) is 10.2. The lowest BCUT2D eigenvalue weighted by Crippen LogP contribution is -2.14. The SMILES string of the molecule is CCCOc1ccc(C(Cc2ccc(Cl)cc2)C(=O)O)cc1C. The van der Waals surface area contributed by atoms with E-state index in [-0.39, 0.29) is 0 Å². The van der Waals surface area contributed by atoms with Crippen LogP contribution < -0.4 is 4.74 Å². The second-order valence-electron chi connectivity index (χ2n) is 5.59. The summed E-state index contributed by atoms with van der Waals surface area (Å²) in [6.45, 7) is 4.65. The predicted molar refractivity (Wildman–Crippen MR) is 92.5 cm³/mol. The van der Waals surface area contributed by atoms with Crippen LogP contribution in [0.4, 0.5) is 0 Å². The summed E-state index contributed by atoms with van der Waals surface area (Å²) in [6, 6.07) is 12.9. The first-order valence-electron chi connectivity index (χ1n) is 7.72. The summed E-state index contributed by atoms with van der Waals surface area (Å²) in [5.74, 6) is -0.608. The van der Waals surface area contributed by atoms with Gasteiger partial charge >= 0.3 is 5.97 Å². The van der Waals surface area contributed by atoms with Gasteiger partial charge in [-0.2, -0.15) is 0 Å². The van der Waals surface area contributed by atoms with Crippen LogP contribution in [-0.4, -0.2) is 17.7 Å². The molecule has 4 heteroatoms. The number of aryl methyl sites for hydroxylation is 1. The molecule has 2 aromatic carbocycles. The van der Waals surface area contributed by atoms with Crippen molar-refractivity contribution in [1.82, 2.24) is 0 Å². The fourth-order valence-corrected chi connectivity index (χ4v) is 2.59. The van der Waals surface area contributed by atoms with Gasteiger partial charge in [-0.25, -0.2) is 0 Å². The van der Waals surface area contributed by atoms with E-state index in [1.165, 1.54) is 0 Å². The zero-order valence-corrected chi connectivity index (χ0v) is 14.1. The van der Waals surface area contributed by atoms with Crippen molar-refractivity contribution in [2.75, 3.05) is 6.61 Å². The molecule has 0 amide bonds. The van der Waals surface area contributed by atoms with Crippen molar-refractivity contribution in [2.45, 2.75) is 32.6 Å². The molecule has 0 fully saturated rings. The normalized spacial score (nSPS) is 12.0. The predicted octanol–water partition coefficient (Wildman–Crippen LogP) is 4.85. The topological polar surface area (TPSA) is 46.5 Å². The van der Waals surface area contributed by atoms with Crippen LogP contribution in [0.15, 0.2) is 42.5 Å². The zero-order chi connectivity index (χ0) is 16.8. The summed E-state index contributed by atoms with van der Waals surface area (Å²) < 4.78 is 5.65. The lowest BCUT2D eigenvalue weighted by molar-refractivity contribution is -0.138. The highest BCUT2D eigenvalue weighted by atomic mass is 35.5. The van der Waals surface area contributed by atoms with Gasteiger partial charge in [-0.3, -0.25) is 4.79 Å². The quantitative estimate of drug-likeness (QED) is 0.788. The second kappa shape index (κ2) is 8.02. The summed E-state index contributed by atoms with van der Waals surface area (Å²) in [7, 11) is 0. The van der Waals surface area contributed by atoms with Crippen LogP contribution >= 0.6 is 11.6 Å². The Morgan fingerprint density at radius 1 is 1.22 bits per heavy atom. The summed E-state index contributed by atoms with van der Waals surface area (Å²) in [6.07, 6.45) is 1.37. The van der Waals surface area contributed by atoms with Gasteiger partial charge in [0, 0.05) is 5.02 Å². The molecular weight excluding hydrogens is 312 g/mol. The van der Waals surface area contributed by atoms with E-state index in [0.717, 1.165) is 28.9 Å². The van der Waals surface area contributed by atoms with E-state index in [9.17, 15) is 9.90 Å². The monoisotopic (exact) mass is 332 g/mol. The van der Waals surface area contributed by atoms with Crippen LogP contribution in [0.1, 0.15) is 36.0 Å². The van der Waals surface area contributed by atoms with Crippen molar-refractivity contribution in [3.8, 4) is 5.75 Å². The van der Waals surface area contributed by atoms with Gasteiger partial charge in [0.05, 0.1) is 12.5 Å². The van der Waals surface area contributed by atoms with E-state index in [0.29, 0.717) is 18.1 Å². The number of aliphatic carboxylic acids is 1. The molecule has 0 aromatic heterocycles.